The van der Waals surface area contributed by atoms with Gasteiger partial charge in [-0.3, -0.25) is 0 Å². The highest BCUT2D eigenvalue weighted by molar-refractivity contribution is 5.67. The maximum atomic E-state index is 11.6. The van der Waals surface area contributed by atoms with Crippen LogP contribution in [-0.2, 0) is 11.3 Å². The molecule has 0 spiro atoms. The van der Waals surface area contributed by atoms with Crippen molar-refractivity contribution in [3.05, 3.63) is 35.9 Å². The minimum absolute atomic E-state index is 0.245. The Hall–Kier alpha value is -2.06. The molecule has 0 aromatic heterocycles. The van der Waals surface area contributed by atoms with Gasteiger partial charge in [-0.2, -0.15) is 5.26 Å². The van der Waals surface area contributed by atoms with Gasteiger partial charge in [0.15, 0.2) is 0 Å². The van der Waals surface area contributed by atoms with E-state index in [4.69, 9.17) is 10.00 Å². The van der Waals surface area contributed by atoms with Crippen LogP contribution in [0.2, 0.25) is 0 Å². The number of hydrogen-bond donors (Lipinski definition) is 1. The van der Waals surface area contributed by atoms with E-state index in [1.54, 1.807) is 0 Å². The van der Waals surface area contributed by atoms with Crippen LogP contribution in [0.25, 0.3) is 0 Å². The van der Waals surface area contributed by atoms with Gasteiger partial charge in [-0.25, -0.2) is 15.2 Å². The topological polar surface area (TPSA) is 65.4 Å². The highest BCUT2D eigenvalue weighted by Gasteiger charge is 2.26. The van der Waals surface area contributed by atoms with E-state index in [0.29, 0.717) is 13.0 Å². The van der Waals surface area contributed by atoms with Crippen LogP contribution < -0.4 is 5.43 Å². The van der Waals surface area contributed by atoms with Gasteiger partial charge in [-0.15, -0.1) is 0 Å². The van der Waals surface area contributed by atoms with E-state index in [9.17, 15) is 4.79 Å². The number of nitrogens with one attached hydrogen (secondary N) is 1. The van der Waals surface area contributed by atoms with E-state index in [-0.39, 0.29) is 12.6 Å². The summed E-state index contributed by atoms with van der Waals surface area (Å²) in [4.78, 5) is 11.6. The molecule has 0 saturated carbocycles. The van der Waals surface area contributed by atoms with Gasteiger partial charge in [0.2, 0.25) is 0 Å². The molecule has 1 heterocycles. The Morgan fingerprint density at radius 2 is 2.29 bits per heavy atom. The molecule has 5 heteroatoms. The summed E-state index contributed by atoms with van der Waals surface area (Å²) in [5.74, 6) is 0. The zero-order chi connectivity index (χ0) is 12.1. The molecule has 0 radical (unpaired) electrons. The second-order valence-corrected chi connectivity index (χ2v) is 3.79. The molecule has 1 N–H and O–H groups in total. The van der Waals surface area contributed by atoms with E-state index in [1.165, 1.54) is 5.01 Å². The molecule has 0 bridgehead atoms. The van der Waals surface area contributed by atoms with Crippen molar-refractivity contribution in [2.75, 3.05) is 6.54 Å². The number of amides is 1. The van der Waals surface area contributed by atoms with Gasteiger partial charge in [-0.05, 0) is 12.0 Å². The molecule has 1 unspecified atom stereocenters. The lowest BCUT2D eigenvalue weighted by Gasteiger charge is -2.15. The van der Waals surface area contributed by atoms with E-state index >= 15 is 0 Å². The second kappa shape index (κ2) is 5.32. The van der Waals surface area contributed by atoms with Gasteiger partial charge in [-0.1, -0.05) is 30.3 Å². The van der Waals surface area contributed by atoms with Crippen molar-refractivity contribution < 1.29 is 9.53 Å². The first-order chi connectivity index (χ1) is 8.29. The quantitative estimate of drug-likeness (QED) is 0.836. The average Bonchev–Trinajstić information content (AvgIpc) is 2.86. The van der Waals surface area contributed by atoms with E-state index < -0.39 is 6.09 Å². The Bertz CT molecular complexity index is 427. The Kier molecular flexibility index (Phi) is 3.58. The first-order valence-electron chi connectivity index (χ1n) is 5.43. The van der Waals surface area contributed by atoms with E-state index in [1.807, 2.05) is 30.3 Å². The van der Waals surface area contributed by atoms with Gasteiger partial charge >= 0.3 is 6.09 Å². The number of rotatable bonds is 2. The highest BCUT2D eigenvalue weighted by Crippen LogP contribution is 2.08. The summed E-state index contributed by atoms with van der Waals surface area (Å²) >= 11 is 0. The van der Waals surface area contributed by atoms with E-state index in [2.05, 4.69) is 11.5 Å². The van der Waals surface area contributed by atoms with Crippen LogP contribution in [0.15, 0.2) is 30.3 Å². The predicted octanol–water partition coefficient (Wildman–Crippen LogP) is 1.43. The zero-order valence-corrected chi connectivity index (χ0v) is 9.30. The van der Waals surface area contributed by atoms with Crippen molar-refractivity contribution in [1.82, 2.24) is 10.4 Å². The van der Waals surface area contributed by atoms with Crippen LogP contribution in [0.5, 0.6) is 0 Å². The number of hydrogen-bond acceptors (Lipinski definition) is 4. The first-order valence-corrected chi connectivity index (χ1v) is 5.43. The molecule has 1 aromatic rings. The highest BCUT2D eigenvalue weighted by atomic mass is 16.6. The molecule has 1 fully saturated rings. The number of nitriles is 1. The Labute approximate surface area is 99.6 Å². The third kappa shape index (κ3) is 2.95. The largest absolute Gasteiger partial charge is 0.444 e. The molecule has 5 nitrogen and oxygen atoms in total. The molecule has 2 rings (SSSR count). The number of hydrazine groups is 1. The molecule has 1 aliphatic heterocycles. The van der Waals surface area contributed by atoms with Crippen molar-refractivity contribution in [2.24, 2.45) is 0 Å². The van der Waals surface area contributed by atoms with Gasteiger partial charge in [0.05, 0.1) is 6.07 Å². The van der Waals surface area contributed by atoms with Crippen molar-refractivity contribution in [1.29, 1.82) is 5.26 Å². The van der Waals surface area contributed by atoms with Gasteiger partial charge < -0.3 is 4.74 Å². The summed E-state index contributed by atoms with van der Waals surface area (Å²) in [5.41, 5.74) is 3.72. The summed E-state index contributed by atoms with van der Waals surface area (Å²) in [7, 11) is 0. The summed E-state index contributed by atoms with van der Waals surface area (Å²) in [6.07, 6.45) is 0.198. The zero-order valence-electron chi connectivity index (χ0n) is 9.30. The summed E-state index contributed by atoms with van der Waals surface area (Å²) < 4.78 is 5.12. The molecular formula is C12H13N3O2. The maximum Gasteiger partial charge on any atom is 0.424 e. The Morgan fingerprint density at radius 1 is 1.53 bits per heavy atom. The molecule has 17 heavy (non-hydrogen) atoms. The summed E-state index contributed by atoms with van der Waals surface area (Å²) in [5, 5.41) is 10.0. The standard InChI is InChI=1S/C12H13N3O2/c13-8-11-6-7-15(14-11)12(16)17-9-10-4-2-1-3-5-10/h1-5,11,14H,6-7,9H2. The second-order valence-electron chi connectivity index (χ2n) is 3.79. The lowest BCUT2D eigenvalue weighted by Crippen LogP contribution is -2.40. The minimum Gasteiger partial charge on any atom is -0.444 e. The van der Waals surface area contributed by atoms with Crippen molar-refractivity contribution >= 4 is 6.09 Å². The monoisotopic (exact) mass is 231 g/mol. The van der Waals surface area contributed by atoms with Crippen molar-refractivity contribution in [2.45, 2.75) is 19.1 Å². The summed E-state index contributed by atoms with van der Waals surface area (Å²) in [6.45, 7) is 0.751. The Balaban J connectivity index is 1.81. The fraction of sp³-hybridized carbons (Fsp3) is 0.333. The predicted molar refractivity (Wildman–Crippen MR) is 60.5 cm³/mol. The number of carbonyl (C=O) groups is 1. The van der Waals surface area contributed by atoms with Gasteiger partial charge in [0.1, 0.15) is 12.6 Å². The molecule has 1 aliphatic rings. The summed E-state index contributed by atoms with van der Waals surface area (Å²) in [6, 6.07) is 11.2. The van der Waals surface area contributed by atoms with Crippen LogP contribution in [0, 0.1) is 11.3 Å². The van der Waals surface area contributed by atoms with Crippen molar-refractivity contribution in [3.63, 3.8) is 0 Å². The maximum absolute atomic E-state index is 11.6. The minimum atomic E-state index is -0.438. The molecule has 1 amide bonds. The van der Waals surface area contributed by atoms with Gasteiger partial charge in [0.25, 0.3) is 0 Å². The molecule has 0 aliphatic carbocycles. The smallest absolute Gasteiger partial charge is 0.424 e. The van der Waals surface area contributed by atoms with Gasteiger partial charge in [0, 0.05) is 6.54 Å². The number of ether oxygens (including phenoxy) is 1. The third-order valence-corrected chi connectivity index (χ3v) is 2.53. The molecule has 1 aromatic carbocycles. The lowest BCUT2D eigenvalue weighted by molar-refractivity contribution is 0.0889. The van der Waals surface area contributed by atoms with Crippen LogP contribution in [-0.4, -0.2) is 23.7 Å². The fourth-order valence-electron chi connectivity index (χ4n) is 1.61. The lowest BCUT2D eigenvalue weighted by atomic mass is 10.2. The molecule has 88 valence electrons. The average molecular weight is 231 g/mol. The van der Waals surface area contributed by atoms with E-state index in [0.717, 1.165) is 5.56 Å². The molecular weight excluding hydrogens is 218 g/mol. The fourth-order valence-corrected chi connectivity index (χ4v) is 1.61. The van der Waals surface area contributed by atoms with Crippen LogP contribution >= 0.6 is 0 Å². The number of nitrogens with zero attached hydrogens (tertiary/aromatic N) is 2. The van der Waals surface area contributed by atoms with Crippen molar-refractivity contribution in [3.8, 4) is 6.07 Å². The van der Waals surface area contributed by atoms with Crippen LogP contribution in [0.4, 0.5) is 4.79 Å². The normalized spacial score (nSPS) is 18.8. The Morgan fingerprint density at radius 3 is 2.94 bits per heavy atom. The van der Waals surface area contributed by atoms with Crippen LogP contribution in [0.1, 0.15) is 12.0 Å². The van der Waals surface area contributed by atoms with Crippen LogP contribution in [0.3, 0.4) is 0 Å². The number of benzene rings is 1. The SMILES string of the molecule is N#CC1CCN(C(=O)OCc2ccccc2)N1. The number of carbonyl (C=O) groups excluding carboxylic acids is 1. The molecule has 1 atom stereocenters. The first kappa shape index (κ1) is 11.4. The third-order valence-electron chi connectivity index (χ3n) is 2.53. The molecule has 1 saturated heterocycles.